The van der Waals surface area contributed by atoms with Crippen LogP contribution in [0.2, 0.25) is 0 Å². The van der Waals surface area contributed by atoms with Crippen LogP contribution < -0.4 is 5.32 Å². The maximum absolute atomic E-state index is 5.45. The number of furan rings is 1. The van der Waals surface area contributed by atoms with Crippen LogP contribution in [0.25, 0.3) is 0 Å². The molecule has 0 saturated carbocycles. The summed E-state index contributed by atoms with van der Waals surface area (Å²) in [4.78, 5) is 9.71. The molecule has 1 aromatic heterocycles. The van der Waals surface area contributed by atoms with Crippen LogP contribution in [-0.4, -0.2) is 75.8 Å². The van der Waals surface area contributed by atoms with Crippen LogP contribution in [0.15, 0.2) is 27.8 Å². The molecular formula is C23H42N4O2. The lowest BCUT2D eigenvalue weighted by molar-refractivity contribution is 0.158. The van der Waals surface area contributed by atoms with E-state index in [1.54, 1.807) is 13.4 Å². The van der Waals surface area contributed by atoms with E-state index in [2.05, 4.69) is 36.0 Å². The lowest BCUT2D eigenvalue weighted by Crippen LogP contribution is -2.46. The molecule has 29 heavy (non-hydrogen) atoms. The van der Waals surface area contributed by atoms with E-state index < -0.39 is 0 Å². The van der Waals surface area contributed by atoms with E-state index in [-0.39, 0.29) is 0 Å². The van der Waals surface area contributed by atoms with Crippen LogP contribution in [0.4, 0.5) is 0 Å². The van der Waals surface area contributed by atoms with Gasteiger partial charge in [0.2, 0.25) is 0 Å². The van der Waals surface area contributed by atoms with Gasteiger partial charge in [0.15, 0.2) is 5.96 Å². The molecule has 0 unspecified atom stereocenters. The zero-order chi connectivity index (χ0) is 20.9. The molecule has 2 rings (SSSR count). The largest absolute Gasteiger partial charge is 0.469 e. The molecule has 1 fully saturated rings. The van der Waals surface area contributed by atoms with E-state index in [9.17, 15) is 0 Å². The first-order valence-electron chi connectivity index (χ1n) is 11.3. The van der Waals surface area contributed by atoms with Gasteiger partial charge in [0.25, 0.3) is 0 Å². The van der Waals surface area contributed by atoms with Crippen molar-refractivity contribution in [3.05, 3.63) is 24.2 Å². The van der Waals surface area contributed by atoms with Crippen molar-refractivity contribution in [2.24, 2.45) is 16.8 Å². The highest BCUT2D eigenvalue weighted by molar-refractivity contribution is 5.80. The molecule has 6 heteroatoms. The van der Waals surface area contributed by atoms with E-state index >= 15 is 0 Å². The highest BCUT2D eigenvalue weighted by Crippen LogP contribution is 2.22. The summed E-state index contributed by atoms with van der Waals surface area (Å²) in [6.45, 7) is 11.4. The number of aliphatic imine (C=N–C) groups is 1. The molecule has 0 radical (unpaired) electrons. The topological polar surface area (TPSA) is 53.2 Å². The summed E-state index contributed by atoms with van der Waals surface area (Å²) < 4.78 is 10.6. The second kappa shape index (κ2) is 13.6. The number of nitrogens with one attached hydrogen (secondary N) is 1. The van der Waals surface area contributed by atoms with Crippen molar-refractivity contribution in [3.63, 3.8) is 0 Å². The summed E-state index contributed by atoms with van der Waals surface area (Å²) in [5, 5.41) is 3.57. The molecule has 0 amide bonds. The standard InChI is InChI=1S/C23H42N4O2/c1-20(2)19-25-23(24-12-9-22-8-6-17-29-22)27-14-10-21(11-15-27)7-5-13-26(3)16-18-28-4/h6,8,17,20-21H,5,7,9-16,18-19H2,1-4H3,(H,24,25). The summed E-state index contributed by atoms with van der Waals surface area (Å²) in [5.41, 5.74) is 0. The number of methoxy groups -OCH3 is 1. The molecular weight excluding hydrogens is 364 g/mol. The Hall–Kier alpha value is -1.53. The van der Waals surface area contributed by atoms with Gasteiger partial charge < -0.3 is 24.3 Å². The Kier molecular flexibility index (Phi) is 11.2. The summed E-state index contributed by atoms with van der Waals surface area (Å²) in [7, 11) is 3.96. The molecule has 0 aliphatic carbocycles. The Morgan fingerprint density at radius 3 is 2.79 bits per heavy atom. The van der Waals surface area contributed by atoms with Gasteiger partial charge in [0.05, 0.1) is 12.9 Å². The third-order valence-electron chi connectivity index (χ3n) is 5.58. The molecule has 1 N–H and O–H groups in total. The molecule has 2 heterocycles. The monoisotopic (exact) mass is 406 g/mol. The van der Waals surface area contributed by atoms with Crippen LogP contribution in [-0.2, 0) is 11.2 Å². The average Bonchev–Trinajstić information content (AvgIpc) is 3.23. The molecule has 166 valence electrons. The van der Waals surface area contributed by atoms with Crippen molar-refractivity contribution in [1.82, 2.24) is 15.1 Å². The number of ether oxygens (including phenoxy) is 1. The fourth-order valence-electron chi connectivity index (χ4n) is 3.73. The van der Waals surface area contributed by atoms with Gasteiger partial charge in [-0.05, 0) is 63.2 Å². The Bertz CT molecular complexity index is 551. The number of piperidine rings is 1. The van der Waals surface area contributed by atoms with Crippen LogP contribution in [0.1, 0.15) is 45.3 Å². The van der Waals surface area contributed by atoms with Gasteiger partial charge in [-0.1, -0.05) is 13.8 Å². The first-order valence-corrected chi connectivity index (χ1v) is 11.3. The Morgan fingerprint density at radius 1 is 1.34 bits per heavy atom. The molecule has 0 atom stereocenters. The van der Waals surface area contributed by atoms with Gasteiger partial charge in [-0.3, -0.25) is 4.99 Å². The van der Waals surface area contributed by atoms with Crippen LogP contribution in [0.3, 0.4) is 0 Å². The number of hydrogen-bond donors (Lipinski definition) is 1. The number of hydrogen-bond acceptors (Lipinski definition) is 4. The third-order valence-corrected chi connectivity index (χ3v) is 5.58. The van der Waals surface area contributed by atoms with E-state index in [0.29, 0.717) is 5.92 Å². The van der Waals surface area contributed by atoms with Gasteiger partial charge >= 0.3 is 0 Å². The summed E-state index contributed by atoms with van der Waals surface area (Å²) in [6.07, 6.45) is 7.77. The molecule has 6 nitrogen and oxygen atoms in total. The van der Waals surface area contributed by atoms with E-state index in [4.69, 9.17) is 14.1 Å². The Morgan fingerprint density at radius 2 is 2.14 bits per heavy atom. The number of rotatable bonds is 12. The zero-order valence-corrected chi connectivity index (χ0v) is 19.0. The maximum atomic E-state index is 5.45. The van der Waals surface area contributed by atoms with Gasteiger partial charge in [-0.2, -0.15) is 0 Å². The number of nitrogens with zero attached hydrogens (tertiary/aromatic N) is 3. The normalized spacial score (nSPS) is 16.2. The highest BCUT2D eigenvalue weighted by atomic mass is 16.5. The average molecular weight is 407 g/mol. The highest BCUT2D eigenvalue weighted by Gasteiger charge is 2.21. The van der Waals surface area contributed by atoms with Crippen molar-refractivity contribution >= 4 is 5.96 Å². The van der Waals surface area contributed by atoms with Crippen molar-refractivity contribution in [2.75, 3.05) is 60.0 Å². The lowest BCUT2D eigenvalue weighted by Gasteiger charge is -2.34. The summed E-state index contributed by atoms with van der Waals surface area (Å²) in [6, 6.07) is 3.98. The molecule has 1 aliphatic rings. The Balaban J connectivity index is 1.72. The van der Waals surface area contributed by atoms with Gasteiger partial charge in [-0.25, -0.2) is 0 Å². The minimum atomic E-state index is 0.574. The fraction of sp³-hybridized carbons (Fsp3) is 0.783. The minimum absolute atomic E-state index is 0.574. The molecule has 0 aromatic carbocycles. The van der Waals surface area contributed by atoms with E-state index in [1.165, 1.54) is 32.2 Å². The lowest BCUT2D eigenvalue weighted by atomic mass is 9.92. The number of likely N-dealkylation sites (tertiary alicyclic amines) is 1. The van der Waals surface area contributed by atoms with E-state index in [1.807, 2.05) is 12.1 Å². The van der Waals surface area contributed by atoms with Gasteiger partial charge in [-0.15, -0.1) is 0 Å². The zero-order valence-electron chi connectivity index (χ0n) is 19.0. The smallest absolute Gasteiger partial charge is 0.193 e. The number of guanidine groups is 1. The molecule has 1 aromatic rings. The van der Waals surface area contributed by atoms with Gasteiger partial charge in [0, 0.05) is 46.3 Å². The van der Waals surface area contributed by atoms with Crippen LogP contribution in [0, 0.1) is 11.8 Å². The first-order chi connectivity index (χ1) is 14.1. The van der Waals surface area contributed by atoms with Crippen molar-refractivity contribution in [2.45, 2.75) is 46.0 Å². The quantitative estimate of drug-likeness (QED) is 0.425. The van der Waals surface area contributed by atoms with Crippen molar-refractivity contribution in [3.8, 4) is 0 Å². The first kappa shape index (κ1) is 23.7. The third kappa shape index (κ3) is 9.68. The Labute approximate surface area is 177 Å². The minimum Gasteiger partial charge on any atom is -0.469 e. The molecule has 1 aliphatic heterocycles. The van der Waals surface area contributed by atoms with Crippen LogP contribution in [0.5, 0.6) is 0 Å². The van der Waals surface area contributed by atoms with Gasteiger partial charge in [0.1, 0.15) is 5.76 Å². The molecule has 0 bridgehead atoms. The predicted molar refractivity (Wildman–Crippen MR) is 120 cm³/mol. The SMILES string of the molecule is COCCN(C)CCCC1CCN(C(=NCC(C)C)NCCc2ccco2)CC1. The fourth-order valence-corrected chi connectivity index (χ4v) is 3.73. The van der Waals surface area contributed by atoms with Crippen molar-refractivity contribution < 1.29 is 9.15 Å². The molecule has 1 saturated heterocycles. The van der Waals surface area contributed by atoms with E-state index in [0.717, 1.165) is 63.4 Å². The second-order valence-electron chi connectivity index (χ2n) is 8.68. The number of likely N-dealkylation sites (N-methyl/N-ethyl adjacent to an activating group) is 1. The molecule has 0 spiro atoms. The van der Waals surface area contributed by atoms with Crippen molar-refractivity contribution in [1.29, 1.82) is 0 Å². The van der Waals surface area contributed by atoms with Crippen LogP contribution >= 0.6 is 0 Å². The second-order valence-corrected chi connectivity index (χ2v) is 8.68. The maximum Gasteiger partial charge on any atom is 0.193 e. The summed E-state index contributed by atoms with van der Waals surface area (Å²) in [5.74, 6) is 3.51. The summed E-state index contributed by atoms with van der Waals surface area (Å²) >= 11 is 0. The predicted octanol–water partition coefficient (Wildman–Crippen LogP) is 3.49.